The molecular weight excluding hydrogens is 877 g/mol. The summed E-state index contributed by atoms with van der Waals surface area (Å²) in [5.41, 5.74) is 16.3. The van der Waals surface area contributed by atoms with Gasteiger partial charge in [0, 0.05) is 53.6 Å². The number of hydrogen-bond acceptors (Lipinski definition) is 2. The van der Waals surface area contributed by atoms with Gasteiger partial charge in [-0.15, -0.1) is 11.3 Å². The number of aromatic nitrogens is 1. The van der Waals surface area contributed by atoms with Crippen molar-refractivity contribution in [2.45, 2.75) is 0 Å². The van der Waals surface area contributed by atoms with Gasteiger partial charge in [-0.05, 0) is 133 Å². The Morgan fingerprint density at radius 2 is 0.732 bits per heavy atom. The Balaban J connectivity index is 0.985. The number of nitrogens with zero attached hydrogens (tertiary/aromatic N) is 2. The molecule has 2 nitrogen and oxygen atoms in total. The molecule has 0 N–H and O–H groups in total. The van der Waals surface area contributed by atoms with E-state index in [2.05, 4.69) is 276 Å². The topological polar surface area (TPSA) is 8.17 Å². The highest BCUT2D eigenvalue weighted by molar-refractivity contribution is 7.25. The first kappa shape index (κ1) is 41.0. The summed E-state index contributed by atoms with van der Waals surface area (Å²) in [4.78, 5) is 2.42. The molecule has 0 unspecified atom stereocenters. The van der Waals surface area contributed by atoms with Crippen molar-refractivity contribution in [3.8, 4) is 50.2 Å². The van der Waals surface area contributed by atoms with Crippen molar-refractivity contribution in [1.29, 1.82) is 0 Å². The summed E-state index contributed by atoms with van der Waals surface area (Å²) in [6, 6.07) is 98.2. The van der Waals surface area contributed by atoms with Gasteiger partial charge in [-0.3, -0.25) is 0 Å². The fourth-order valence-corrected chi connectivity index (χ4v) is 12.2. The van der Waals surface area contributed by atoms with Crippen LogP contribution in [-0.4, -0.2) is 4.57 Å². The molecule has 0 saturated heterocycles. The molecule has 0 atom stereocenters. The van der Waals surface area contributed by atoms with E-state index in [4.69, 9.17) is 0 Å². The third-order valence-corrected chi connectivity index (χ3v) is 15.6. The van der Waals surface area contributed by atoms with Crippen molar-refractivity contribution in [3.05, 3.63) is 267 Å². The van der Waals surface area contributed by atoms with Gasteiger partial charge in [0.15, 0.2) is 0 Å². The van der Waals surface area contributed by atoms with Crippen molar-refractivity contribution < 1.29 is 0 Å². The molecule has 14 aromatic rings. The van der Waals surface area contributed by atoms with Crippen molar-refractivity contribution in [2.24, 2.45) is 0 Å². The van der Waals surface area contributed by atoms with E-state index in [1.165, 1.54) is 102 Å². The Kier molecular flexibility index (Phi) is 9.75. The molecule has 0 spiro atoms. The number of fused-ring (bicyclic) bond motifs is 8. The molecule has 3 heteroatoms. The Hall–Kier alpha value is -9.02. The van der Waals surface area contributed by atoms with E-state index in [1.54, 1.807) is 0 Å². The van der Waals surface area contributed by atoms with Crippen LogP contribution < -0.4 is 4.90 Å². The van der Waals surface area contributed by atoms with Gasteiger partial charge in [0.05, 0.1) is 16.7 Å². The van der Waals surface area contributed by atoms with Crippen LogP contribution in [0, 0.1) is 0 Å². The highest BCUT2D eigenvalue weighted by Crippen LogP contribution is 2.46. The molecule has 0 aliphatic carbocycles. The third kappa shape index (κ3) is 6.93. The Bertz CT molecular complexity index is 4160. The van der Waals surface area contributed by atoms with Gasteiger partial charge in [-0.2, -0.15) is 0 Å². The number of rotatable bonds is 8. The lowest BCUT2D eigenvalue weighted by Crippen LogP contribution is -2.10. The number of para-hydroxylation sites is 3. The molecule has 71 heavy (non-hydrogen) atoms. The second kappa shape index (κ2) is 16.9. The zero-order valence-corrected chi connectivity index (χ0v) is 39.5. The summed E-state index contributed by atoms with van der Waals surface area (Å²) in [5, 5.41) is 10.0. The minimum absolute atomic E-state index is 1.07. The summed E-state index contributed by atoms with van der Waals surface area (Å²) < 4.78 is 5.04. The molecular formula is C68H44N2S. The van der Waals surface area contributed by atoms with Gasteiger partial charge >= 0.3 is 0 Å². The summed E-state index contributed by atoms with van der Waals surface area (Å²) >= 11 is 1.86. The van der Waals surface area contributed by atoms with Gasteiger partial charge in [-0.1, -0.05) is 194 Å². The normalized spacial score (nSPS) is 11.7. The lowest BCUT2D eigenvalue weighted by Gasteiger charge is -2.27. The van der Waals surface area contributed by atoms with Crippen molar-refractivity contribution in [3.63, 3.8) is 0 Å². The molecule has 0 saturated carbocycles. The molecule has 0 amide bonds. The predicted octanol–water partition coefficient (Wildman–Crippen LogP) is 19.6. The minimum atomic E-state index is 1.07. The van der Waals surface area contributed by atoms with Crippen LogP contribution in [0.15, 0.2) is 267 Å². The maximum absolute atomic E-state index is 2.45. The van der Waals surface area contributed by atoms with E-state index in [0.717, 1.165) is 28.3 Å². The first-order chi connectivity index (χ1) is 35.2. The smallest absolute Gasteiger partial charge is 0.0541 e. The molecule has 12 aromatic carbocycles. The van der Waals surface area contributed by atoms with Gasteiger partial charge in [-0.25, -0.2) is 0 Å². The Labute approximate surface area is 416 Å². The zero-order valence-electron chi connectivity index (χ0n) is 38.7. The highest BCUT2D eigenvalue weighted by Gasteiger charge is 2.21. The van der Waals surface area contributed by atoms with E-state index in [1.807, 2.05) is 11.3 Å². The van der Waals surface area contributed by atoms with E-state index < -0.39 is 0 Å². The molecule has 332 valence electrons. The average molecular weight is 921 g/mol. The van der Waals surface area contributed by atoms with Crippen LogP contribution in [0.2, 0.25) is 0 Å². The summed E-state index contributed by atoms with van der Waals surface area (Å²) in [5.74, 6) is 0. The van der Waals surface area contributed by atoms with E-state index in [0.29, 0.717) is 0 Å². The summed E-state index contributed by atoms with van der Waals surface area (Å²) in [6.07, 6.45) is 0. The van der Waals surface area contributed by atoms with Gasteiger partial charge < -0.3 is 9.47 Å². The van der Waals surface area contributed by atoms with Gasteiger partial charge in [0.2, 0.25) is 0 Å². The average Bonchev–Trinajstić information content (AvgIpc) is 3.99. The van der Waals surface area contributed by atoms with E-state index in [-0.39, 0.29) is 0 Å². The first-order valence-electron chi connectivity index (χ1n) is 24.3. The molecule has 0 bridgehead atoms. The maximum atomic E-state index is 2.45. The van der Waals surface area contributed by atoms with Crippen LogP contribution in [0.3, 0.4) is 0 Å². The standard InChI is InChI=1S/C68H44N2S/c1-3-19-53-45(15-1)17-13-25-55(53)47-31-36-50(37-32-47)69(51-38-33-48(34-39-51)56-26-14-18-46-16-2-4-20-54(46)56)52-40-41-57(62(44-52)49-35-42-68-63(43-49)61-24-8-12-30-67(61)71-68)58-21-5-9-27-64(58)70-65-28-10-6-22-59(65)60-23-7-11-29-66(60)70/h1-44H. The third-order valence-electron chi connectivity index (χ3n) is 14.4. The van der Waals surface area contributed by atoms with Crippen molar-refractivity contribution in [1.82, 2.24) is 4.57 Å². The van der Waals surface area contributed by atoms with Crippen molar-refractivity contribution in [2.75, 3.05) is 4.90 Å². The number of benzene rings is 12. The lowest BCUT2D eigenvalue weighted by atomic mass is 9.91. The molecule has 0 aliphatic rings. The van der Waals surface area contributed by atoms with Crippen LogP contribution in [0.25, 0.3) is 114 Å². The zero-order chi connectivity index (χ0) is 46.8. The fraction of sp³-hybridized carbons (Fsp3) is 0. The van der Waals surface area contributed by atoms with E-state index in [9.17, 15) is 0 Å². The maximum Gasteiger partial charge on any atom is 0.0541 e. The van der Waals surface area contributed by atoms with Crippen LogP contribution in [0.1, 0.15) is 0 Å². The Morgan fingerprint density at radius 3 is 1.37 bits per heavy atom. The fourth-order valence-electron chi connectivity index (χ4n) is 11.1. The van der Waals surface area contributed by atoms with Crippen LogP contribution >= 0.6 is 11.3 Å². The lowest BCUT2D eigenvalue weighted by molar-refractivity contribution is 1.18. The quantitative estimate of drug-likeness (QED) is 0.147. The van der Waals surface area contributed by atoms with Crippen LogP contribution in [0.5, 0.6) is 0 Å². The molecule has 2 heterocycles. The molecule has 14 rings (SSSR count). The SMILES string of the molecule is c1ccc(-n2c3ccccc3c3ccccc32)c(-c2ccc(N(c3ccc(-c4cccc5ccccc45)cc3)c3ccc(-c4cccc5ccccc45)cc3)cc2-c2ccc3sc4ccccc4c3c2)c1. The second-order valence-electron chi connectivity index (χ2n) is 18.4. The number of hydrogen-bond donors (Lipinski definition) is 0. The number of thiophene rings is 1. The Morgan fingerprint density at radius 1 is 0.268 bits per heavy atom. The molecule has 0 radical (unpaired) electrons. The first-order valence-corrected chi connectivity index (χ1v) is 25.1. The molecule has 0 aliphatic heterocycles. The monoisotopic (exact) mass is 920 g/mol. The second-order valence-corrected chi connectivity index (χ2v) is 19.5. The van der Waals surface area contributed by atoms with Crippen molar-refractivity contribution >= 4 is 91.9 Å². The predicted molar refractivity (Wildman–Crippen MR) is 305 cm³/mol. The summed E-state index contributed by atoms with van der Waals surface area (Å²) in [7, 11) is 0. The van der Waals surface area contributed by atoms with Gasteiger partial charge in [0.25, 0.3) is 0 Å². The van der Waals surface area contributed by atoms with Gasteiger partial charge in [0.1, 0.15) is 0 Å². The highest BCUT2D eigenvalue weighted by atomic mass is 32.1. The largest absolute Gasteiger partial charge is 0.310 e. The summed E-state index contributed by atoms with van der Waals surface area (Å²) in [6.45, 7) is 0. The minimum Gasteiger partial charge on any atom is -0.310 e. The molecule has 2 aromatic heterocycles. The van der Waals surface area contributed by atoms with E-state index >= 15 is 0 Å². The van der Waals surface area contributed by atoms with Crippen LogP contribution in [-0.2, 0) is 0 Å². The van der Waals surface area contributed by atoms with Crippen LogP contribution in [0.4, 0.5) is 17.1 Å². The molecule has 0 fully saturated rings. The number of anilines is 3.